The van der Waals surface area contributed by atoms with Crippen molar-refractivity contribution in [3.05, 3.63) is 51.1 Å². The Bertz CT molecular complexity index is 613. The van der Waals surface area contributed by atoms with Gasteiger partial charge < -0.3 is 0 Å². The summed E-state index contributed by atoms with van der Waals surface area (Å²) in [5.41, 5.74) is -1.27. The fraction of sp³-hybridized carbons (Fsp3) is 0.222. The number of hydrogen-bond acceptors (Lipinski definition) is 3. The third-order valence-corrected chi connectivity index (χ3v) is 1.99. The Hall–Kier alpha value is -2.11. The summed E-state index contributed by atoms with van der Waals surface area (Å²) in [7, 11) is 0. The lowest BCUT2D eigenvalue weighted by Crippen LogP contribution is -2.30. The summed E-state index contributed by atoms with van der Waals surface area (Å²) >= 11 is 0. The van der Waals surface area contributed by atoms with Crippen molar-refractivity contribution in [3.8, 4) is 0 Å². The second-order valence-electron chi connectivity index (χ2n) is 2.91. The van der Waals surface area contributed by atoms with Gasteiger partial charge in [0, 0.05) is 16.5 Å². The highest BCUT2D eigenvalue weighted by molar-refractivity contribution is 5.14. The molecule has 6 heteroatoms. The van der Waals surface area contributed by atoms with E-state index in [9.17, 15) is 9.59 Å². The number of aromatic nitrogens is 4. The molecule has 0 aliphatic heterocycles. The maximum atomic E-state index is 11.5. The van der Waals surface area contributed by atoms with Crippen molar-refractivity contribution in [2.75, 3.05) is 0 Å². The Kier molecular flexibility index (Phi) is 1.52. The van der Waals surface area contributed by atoms with Gasteiger partial charge in [0.25, 0.3) is 0 Å². The van der Waals surface area contributed by atoms with Gasteiger partial charge in [-0.3, -0.25) is 4.98 Å². The molecular formula is C9H10N4O2. The van der Waals surface area contributed by atoms with Gasteiger partial charge in [-0.2, -0.15) is 0 Å². The minimum absolute atomic E-state index is 0.317. The quantitative estimate of drug-likeness (QED) is 0.722. The van der Waals surface area contributed by atoms with E-state index < -0.39 is 24.3 Å². The molecule has 0 aliphatic carbocycles. The largest absolute Gasteiger partial charge is 0.344 e. The lowest BCUT2D eigenvalue weighted by Gasteiger charge is -2.09. The number of hydrogen-bond donors (Lipinski definition) is 2. The molecule has 0 radical (unpaired) electrons. The molecule has 1 unspecified atom stereocenters. The molecule has 2 heterocycles. The zero-order chi connectivity index (χ0) is 13.3. The first-order valence-electron chi connectivity index (χ1n) is 5.70. The molecular weight excluding hydrogens is 196 g/mol. The SMILES string of the molecule is [2H]C([2H])([2H])C(c1ccncc1)n1c(=O)[nH][nH]c1=O. The summed E-state index contributed by atoms with van der Waals surface area (Å²) in [5, 5.41) is 4.13. The number of nitrogens with one attached hydrogen (secondary N) is 2. The summed E-state index contributed by atoms with van der Waals surface area (Å²) in [5.74, 6) is 0. The highest BCUT2D eigenvalue weighted by Gasteiger charge is 2.12. The minimum atomic E-state index is -2.53. The summed E-state index contributed by atoms with van der Waals surface area (Å²) in [6.45, 7) is -2.53. The van der Waals surface area contributed by atoms with E-state index in [4.69, 9.17) is 4.11 Å². The van der Waals surface area contributed by atoms with Crippen LogP contribution in [0.25, 0.3) is 0 Å². The molecule has 2 aromatic heterocycles. The zero-order valence-electron chi connectivity index (χ0n) is 10.6. The molecule has 0 bridgehead atoms. The third kappa shape index (κ3) is 1.61. The molecule has 0 fully saturated rings. The van der Waals surface area contributed by atoms with E-state index in [2.05, 4.69) is 15.2 Å². The molecule has 2 aromatic rings. The van der Waals surface area contributed by atoms with Crippen LogP contribution in [-0.4, -0.2) is 19.7 Å². The minimum Gasteiger partial charge on any atom is -0.265 e. The van der Waals surface area contributed by atoms with E-state index in [0.29, 0.717) is 10.1 Å². The zero-order valence-corrected chi connectivity index (χ0v) is 7.60. The van der Waals surface area contributed by atoms with Gasteiger partial charge >= 0.3 is 11.4 Å². The Labute approximate surface area is 88.8 Å². The molecule has 0 aliphatic rings. The highest BCUT2D eigenvalue weighted by atomic mass is 16.2. The maximum absolute atomic E-state index is 11.5. The smallest absolute Gasteiger partial charge is 0.265 e. The molecule has 0 spiro atoms. The molecule has 78 valence electrons. The van der Waals surface area contributed by atoms with Gasteiger partial charge in [0.15, 0.2) is 0 Å². The van der Waals surface area contributed by atoms with E-state index in [1.165, 1.54) is 24.5 Å². The summed E-state index contributed by atoms with van der Waals surface area (Å²) in [4.78, 5) is 26.8. The standard InChI is InChI=1S/C9H10N4O2/c1-6(7-2-4-10-5-3-7)13-8(14)11-12-9(13)15/h2-6H,1H3,(H,11,14)(H,12,15)/i1D3. The molecule has 1 atom stereocenters. The monoisotopic (exact) mass is 209 g/mol. The van der Waals surface area contributed by atoms with E-state index >= 15 is 0 Å². The number of nitrogens with zero attached hydrogens (tertiary/aromatic N) is 2. The van der Waals surface area contributed by atoms with Crippen molar-refractivity contribution in [2.24, 2.45) is 0 Å². The highest BCUT2D eigenvalue weighted by Crippen LogP contribution is 2.11. The van der Waals surface area contributed by atoms with Gasteiger partial charge in [-0.1, -0.05) is 0 Å². The van der Waals surface area contributed by atoms with Crippen LogP contribution in [0.5, 0.6) is 0 Å². The van der Waals surface area contributed by atoms with Crippen molar-refractivity contribution >= 4 is 0 Å². The van der Waals surface area contributed by atoms with Gasteiger partial charge in [0.1, 0.15) is 0 Å². The predicted octanol–water partition coefficient (Wildman–Crippen LogP) is -0.131. The second-order valence-corrected chi connectivity index (χ2v) is 2.91. The summed E-state index contributed by atoms with van der Waals surface area (Å²) in [6.07, 6.45) is 2.81. The van der Waals surface area contributed by atoms with E-state index in [1.54, 1.807) is 0 Å². The van der Waals surface area contributed by atoms with Crippen molar-refractivity contribution in [1.82, 2.24) is 19.7 Å². The fourth-order valence-electron chi connectivity index (χ4n) is 1.25. The van der Waals surface area contributed by atoms with Crippen molar-refractivity contribution in [2.45, 2.75) is 12.9 Å². The first-order chi connectivity index (χ1) is 8.41. The molecule has 15 heavy (non-hydrogen) atoms. The van der Waals surface area contributed by atoms with Crippen LogP contribution >= 0.6 is 0 Å². The number of H-pyrrole nitrogens is 2. The Morgan fingerprint density at radius 2 is 1.93 bits per heavy atom. The van der Waals surface area contributed by atoms with Crippen molar-refractivity contribution in [3.63, 3.8) is 0 Å². The van der Waals surface area contributed by atoms with Crippen molar-refractivity contribution < 1.29 is 4.11 Å². The number of aromatic amines is 2. The maximum Gasteiger partial charge on any atom is 0.344 e. The van der Waals surface area contributed by atoms with Crippen LogP contribution in [0.4, 0.5) is 0 Å². The van der Waals surface area contributed by atoms with Crippen LogP contribution in [0.2, 0.25) is 0 Å². The van der Waals surface area contributed by atoms with Gasteiger partial charge in [-0.15, -0.1) is 0 Å². The normalized spacial score (nSPS) is 16.4. The molecule has 0 saturated carbocycles. The predicted molar refractivity (Wildman–Crippen MR) is 53.7 cm³/mol. The molecule has 0 amide bonds. The van der Waals surface area contributed by atoms with Crippen LogP contribution in [0, 0.1) is 0 Å². The van der Waals surface area contributed by atoms with Gasteiger partial charge in [0.05, 0.1) is 6.04 Å². The van der Waals surface area contributed by atoms with Crippen molar-refractivity contribution in [1.29, 1.82) is 0 Å². The summed E-state index contributed by atoms with van der Waals surface area (Å²) < 4.78 is 23.1. The Morgan fingerprint density at radius 3 is 2.47 bits per heavy atom. The first kappa shape index (κ1) is 6.39. The van der Waals surface area contributed by atoms with Gasteiger partial charge in [-0.05, 0) is 24.5 Å². The van der Waals surface area contributed by atoms with Crippen LogP contribution < -0.4 is 11.4 Å². The second kappa shape index (κ2) is 3.56. The lowest BCUT2D eigenvalue weighted by molar-refractivity contribution is 0.596. The van der Waals surface area contributed by atoms with Gasteiger partial charge in [-0.25, -0.2) is 24.4 Å². The molecule has 2 rings (SSSR count). The average Bonchev–Trinajstić information content (AvgIpc) is 2.61. The topological polar surface area (TPSA) is 83.5 Å². The molecule has 2 N–H and O–H groups in total. The van der Waals surface area contributed by atoms with Gasteiger partial charge in [0.2, 0.25) is 0 Å². The van der Waals surface area contributed by atoms with E-state index in [1.807, 2.05) is 0 Å². The Balaban J connectivity index is 2.66. The molecule has 0 aromatic carbocycles. The molecule has 6 nitrogen and oxygen atoms in total. The van der Waals surface area contributed by atoms with E-state index in [0.717, 1.165) is 0 Å². The summed E-state index contributed by atoms with van der Waals surface area (Å²) in [6, 6.07) is 1.56. The van der Waals surface area contributed by atoms with Crippen LogP contribution in [0.1, 0.15) is 22.6 Å². The first-order valence-corrected chi connectivity index (χ1v) is 4.20. The fourth-order valence-corrected chi connectivity index (χ4v) is 1.25. The number of pyridine rings is 1. The number of rotatable bonds is 2. The third-order valence-electron chi connectivity index (χ3n) is 1.99. The van der Waals surface area contributed by atoms with Crippen LogP contribution in [-0.2, 0) is 0 Å². The van der Waals surface area contributed by atoms with Crippen LogP contribution in [0.3, 0.4) is 0 Å². The van der Waals surface area contributed by atoms with Crippen LogP contribution in [0.15, 0.2) is 34.1 Å². The average molecular weight is 209 g/mol. The lowest BCUT2D eigenvalue weighted by atomic mass is 10.1. The molecule has 0 saturated heterocycles. The van der Waals surface area contributed by atoms with E-state index in [-0.39, 0.29) is 0 Å². The Morgan fingerprint density at radius 1 is 1.33 bits per heavy atom.